The third kappa shape index (κ3) is 2.22. The van der Waals surface area contributed by atoms with Gasteiger partial charge in [-0.05, 0) is 53.9 Å². The molecule has 0 unspecified atom stereocenters. The van der Waals surface area contributed by atoms with Gasteiger partial charge in [0.1, 0.15) is 5.82 Å². The van der Waals surface area contributed by atoms with Crippen molar-refractivity contribution < 1.29 is 9.18 Å². The number of benzene rings is 2. The van der Waals surface area contributed by atoms with Crippen LogP contribution in [0.5, 0.6) is 0 Å². The first-order valence-corrected chi connectivity index (χ1v) is 6.54. The fourth-order valence-electron chi connectivity index (χ4n) is 1.92. The summed E-state index contributed by atoms with van der Waals surface area (Å²) < 4.78 is 13.9. The maximum atomic E-state index is 12.8. The molecule has 1 aromatic heterocycles. The normalized spacial score (nSPS) is 10.8. The van der Waals surface area contributed by atoms with E-state index >= 15 is 0 Å². The van der Waals surface area contributed by atoms with E-state index in [1.807, 2.05) is 24.3 Å². The van der Waals surface area contributed by atoms with Crippen molar-refractivity contribution in [1.82, 2.24) is 0 Å². The molecule has 3 rings (SSSR count). The Bertz CT molecular complexity index is 761. The van der Waals surface area contributed by atoms with Gasteiger partial charge in [0.2, 0.25) is 5.78 Å². The summed E-state index contributed by atoms with van der Waals surface area (Å²) in [6.45, 7) is 0. The van der Waals surface area contributed by atoms with Crippen molar-refractivity contribution in [1.29, 1.82) is 0 Å². The standard InChI is InChI=1S/C15H10FNOS/c16-11-3-1-9(2-4-11)15(18)14-8-10-7-12(17)5-6-13(10)19-14/h1-8H,17H2. The van der Waals surface area contributed by atoms with Crippen LogP contribution >= 0.6 is 11.3 Å². The molecule has 19 heavy (non-hydrogen) atoms. The third-order valence-corrected chi connectivity index (χ3v) is 3.99. The molecule has 2 aromatic carbocycles. The van der Waals surface area contributed by atoms with E-state index in [0.29, 0.717) is 16.1 Å². The van der Waals surface area contributed by atoms with E-state index < -0.39 is 0 Å². The van der Waals surface area contributed by atoms with E-state index in [1.54, 1.807) is 0 Å². The molecule has 0 saturated carbocycles. The first-order chi connectivity index (χ1) is 9.13. The number of carbonyl (C=O) groups is 1. The van der Waals surface area contributed by atoms with Crippen LogP contribution in [-0.4, -0.2) is 5.78 Å². The van der Waals surface area contributed by atoms with E-state index in [0.717, 1.165) is 10.1 Å². The van der Waals surface area contributed by atoms with Crippen LogP contribution in [0.15, 0.2) is 48.5 Å². The molecular formula is C15H10FNOS. The Labute approximate surface area is 113 Å². The zero-order valence-electron chi connectivity index (χ0n) is 9.89. The van der Waals surface area contributed by atoms with E-state index in [-0.39, 0.29) is 11.6 Å². The van der Waals surface area contributed by atoms with Crippen molar-refractivity contribution in [2.24, 2.45) is 0 Å². The minimum atomic E-state index is -0.347. The molecule has 0 bridgehead atoms. The van der Waals surface area contributed by atoms with Gasteiger partial charge < -0.3 is 5.73 Å². The van der Waals surface area contributed by atoms with Crippen molar-refractivity contribution in [2.45, 2.75) is 0 Å². The predicted octanol–water partition coefficient (Wildman–Crippen LogP) is 3.85. The number of carbonyl (C=O) groups excluding carboxylic acids is 1. The molecule has 0 saturated heterocycles. The average molecular weight is 271 g/mol. The van der Waals surface area contributed by atoms with Gasteiger partial charge in [0.05, 0.1) is 4.88 Å². The highest BCUT2D eigenvalue weighted by Gasteiger charge is 2.12. The number of fused-ring (bicyclic) bond motifs is 1. The number of hydrogen-bond donors (Lipinski definition) is 1. The van der Waals surface area contributed by atoms with Gasteiger partial charge in [-0.25, -0.2) is 4.39 Å². The van der Waals surface area contributed by atoms with Crippen LogP contribution in [0.4, 0.5) is 10.1 Å². The fourth-order valence-corrected chi connectivity index (χ4v) is 2.92. The average Bonchev–Trinajstić information content (AvgIpc) is 2.81. The summed E-state index contributed by atoms with van der Waals surface area (Å²) in [6, 6.07) is 12.9. The first-order valence-electron chi connectivity index (χ1n) is 5.73. The molecular weight excluding hydrogens is 261 g/mol. The maximum Gasteiger partial charge on any atom is 0.202 e. The number of thiophene rings is 1. The van der Waals surface area contributed by atoms with Crippen LogP contribution in [0.25, 0.3) is 10.1 Å². The summed E-state index contributed by atoms with van der Waals surface area (Å²) in [5, 5.41) is 0.954. The first kappa shape index (κ1) is 11.9. The molecule has 0 atom stereocenters. The van der Waals surface area contributed by atoms with Crippen molar-refractivity contribution in [3.05, 3.63) is 64.8 Å². The Balaban J connectivity index is 2.04. The summed E-state index contributed by atoms with van der Waals surface area (Å²) in [7, 11) is 0. The lowest BCUT2D eigenvalue weighted by Gasteiger charge is -1.96. The van der Waals surface area contributed by atoms with Crippen LogP contribution in [0.2, 0.25) is 0 Å². The molecule has 0 fully saturated rings. The van der Waals surface area contributed by atoms with Gasteiger partial charge in [-0.15, -0.1) is 11.3 Å². The molecule has 0 aliphatic rings. The second kappa shape index (κ2) is 4.48. The summed E-state index contributed by atoms with van der Waals surface area (Å²) in [6.07, 6.45) is 0. The molecule has 4 heteroatoms. The Morgan fingerprint density at radius 1 is 1.05 bits per heavy atom. The number of ketones is 1. The molecule has 0 spiro atoms. The van der Waals surface area contributed by atoms with Gasteiger partial charge in [-0.2, -0.15) is 0 Å². The fraction of sp³-hybridized carbons (Fsp3) is 0. The summed E-state index contributed by atoms with van der Waals surface area (Å²) in [5.74, 6) is -0.444. The summed E-state index contributed by atoms with van der Waals surface area (Å²) in [5.41, 5.74) is 6.87. The molecule has 1 heterocycles. The Hall–Kier alpha value is -2.20. The predicted molar refractivity (Wildman–Crippen MR) is 76.1 cm³/mol. The van der Waals surface area contributed by atoms with Gasteiger partial charge >= 0.3 is 0 Å². The van der Waals surface area contributed by atoms with Crippen molar-refractivity contribution in [3.63, 3.8) is 0 Å². The van der Waals surface area contributed by atoms with Crippen LogP contribution in [0.1, 0.15) is 15.2 Å². The Morgan fingerprint density at radius 2 is 1.79 bits per heavy atom. The molecule has 2 nitrogen and oxygen atoms in total. The lowest BCUT2D eigenvalue weighted by Crippen LogP contribution is -1.97. The molecule has 3 aromatic rings. The van der Waals surface area contributed by atoms with E-state index in [1.165, 1.54) is 35.6 Å². The minimum absolute atomic E-state index is 0.0974. The van der Waals surface area contributed by atoms with Crippen LogP contribution < -0.4 is 5.73 Å². The number of halogens is 1. The number of nitrogen functional groups attached to an aromatic ring is 1. The molecule has 0 aliphatic carbocycles. The van der Waals surface area contributed by atoms with E-state index in [9.17, 15) is 9.18 Å². The smallest absolute Gasteiger partial charge is 0.202 e. The molecule has 0 radical (unpaired) electrons. The number of nitrogens with two attached hydrogens (primary N) is 1. The maximum absolute atomic E-state index is 12.8. The van der Waals surface area contributed by atoms with Crippen LogP contribution in [0, 0.1) is 5.82 Å². The van der Waals surface area contributed by atoms with Crippen molar-refractivity contribution in [2.75, 3.05) is 5.73 Å². The lowest BCUT2D eigenvalue weighted by molar-refractivity contribution is 0.104. The number of hydrogen-bond acceptors (Lipinski definition) is 3. The van der Waals surface area contributed by atoms with Gasteiger partial charge in [-0.1, -0.05) is 0 Å². The molecule has 0 aliphatic heterocycles. The molecule has 0 amide bonds. The summed E-state index contributed by atoms with van der Waals surface area (Å²) >= 11 is 1.41. The highest BCUT2D eigenvalue weighted by atomic mass is 32.1. The highest BCUT2D eigenvalue weighted by Crippen LogP contribution is 2.28. The number of rotatable bonds is 2. The van der Waals surface area contributed by atoms with Crippen molar-refractivity contribution in [3.8, 4) is 0 Å². The minimum Gasteiger partial charge on any atom is -0.399 e. The molecule has 94 valence electrons. The second-order valence-corrected chi connectivity index (χ2v) is 5.33. The Morgan fingerprint density at radius 3 is 2.53 bits per heavy atom. The van der Waals surface area contributed by atoms with Gasteiger partial charge in [0, 0.05) is 16.0 Å². The third-order valence-electron chi connectivity index (χ3n) is 2.87. The van der Waals surface area contributed by atoms with E-state index in [4.69, 9.17) is 5.73 Å². The van der Waals surface area contributed by atoms with Crippen LogP contribution in [0.3, 0.4) is 0 Å². The van der Waals surface area contributed by atoms with Gasteiger partial charge in [0.25, 0.3) is 0 Å². The zero-order chi connectivity index (χ0) is 13.4. The highest BCUT2D eigenvalue weighted by molar-refractivity contribution is 7.21. The monoisotopic (exact) mass is 271 g/mol. The van der Waals surface area contributed by atoms with E-state index in [2.05, 4.69) is 0 Å². The zero-order valence-corrected chi connectivity index (χ0v) is 10.7. The lowest BCUT2D eigenvalue weighted by atomic mass is 10.1. The van der Waals surface area contributed by atoms with Gasteiger partial charge in [-0.3, -0.25) is 4.79 Å². The quantitative estimate of drug-likeness (QED) is 0.568. The van der Waals surface area contributed by atoms with Gasteiger partial charge in [0.15, 0.2) is 0 Å². The Kier molecular flexibility index (Phi) is 2.80. The van der Waals surface area contributed by atoms with Crippen LogP contribution in [-0.2, 0) is 0 Å². The number of anilines is 1. The topological polar surface area (TPSA) is 43.1 Å². The van der Waals surface area contributed by atoms with Crippen molar-refractivity contribution >= 4 is 32.9 Å². The largest absolute Gasteiger partial charge is 0.399 e. The summed E-state index contributed by atoms with van der Waals surface area (Å²) in [4.78, 5) is 12.9. The molecule has 2 N–H and O–H groups in total. The second-order valence-electron chi connectivity index (χ2n) is 4.24. The SMILES string of the molecule is Nc1ccc2sc(C(=O)c3ccc(F)cc3)cc2c1.